The number of hydrogen-bond donors (Lipinski definition) is 0. The lowest BCUT2D eigenvalue weighted by atomic mass is 9.97. The van der Waals surface area contributed by atoms with Gasteiger partial charge in [-0.25, -0.2) is 4.39 Å². The first kappa shape index (κ1) is 19.8. The first-order chi connectivity index (χ1) is 14.1. The van der Waals surface area contributed by atoms with Crippen LogP contribution >= 0.6 is 11.3 Å². The van der Waals surface area contributed by atoms with E-state index in [1.165, 1.54) is 17.0 Å². The van der Waals surface area contributed by atoms with E-state index in [1.54, 1.807) is 23.5 Å². The molecule has 3 aromatic rings. The Morgan fingerprint density at radius 3 is 2.52 bits per heavy atom. The lowest BCUT2D eigenvalue weighted by molar-refractivity contribution is -0.133. The molecule has 0 radical (unpaired) electrons. The first-order valence-electron chi connectivity index (χ1n) is 9.97. The Morgan fingerprint density at radius 2 is 1.83 bits per heavy atom. The summed E-state index contributed by atoms with van der Waals surface area (Å²) in [6, 6.07) is 20.9. The van der Waals surface area contributed by atoms with Crippen molar-refractivity contribution in [2.75, 3.05) is 20.1 Å². The van der Waals surface area contributed by atoms with Crippen molar-refractivity contribution in [3.8, 4) is 0 Å². The zero-order valence-electron chi connectivity index (χ0n) is 16.5. The van der Waals surface area contributed by atoms with Crippen LogP contribution in [0.3, 0.4) is 0 Å². The minimum Gasteiger partial charge on any atom is -0.334 e. The number of nitrogens with zero attached hydrogens (tertiary/aromatic N) is 2. The van der Waals surface area contributed by atoms with Crippen LogP contribution in [0.1, 0.15) is 40.9 Å². The molecule has 2 atom stereocenters. The van der Waals surface area contributed by atoms with Crippen molar-refractivity contribution in [2.24, 2.45) is 0 Å². The van der Waals surface area contributed by atoms with Crippen LogP contribution < -0.4 is 0 Å². The molecule has 2 heterocycles. The predicted octanol–water partition coefficient (Wildman–Crippen LogP) is 5.27. The smallest absolute Gasteiger partial charge is 0.237 e. The number of carbonyl (C=O) groups is 1. The van der Waals surface area contributed by atoms with Gasteiger partial charge in [0.2, 0.25) is 5.91 Å². The van der Waals surface area contributed by atoms with Crippen LogP contribution in [0, 0.1) is 5.82 Å². The molecule has 0 aliphatic carbocycles. The maximum absolute atomic E-state index is 13.5. The van der Waals surface area contributed by atoms with Crippen LogP contribution in [0.4, 0.5) is 4.39 Å². The summed E-state index contributed by atoms with van der Waals surface area (Å²) in [7, 11) is 1.97. The molecule has 29 heavy (non-hydrogen) atoms. The summed E-state index contributed by atoms with van der Waals surface area (Å²) in [6.45, 7) is 1.13. The number of hydrogen-bond acceptors (Lipinski definition) is 3. The SMILES string of the molecule is CN(CC(=O)N1CCC[C@H]1c1cccs1)[C@H](c1ccccc1)c1ccc(F)cc1. The summed E-state index contributed by atoms with van der Waals surface area (Å²) in [6.07, 6.45) is 2.06. The highest BCUT2D eigenvalue weighted by atomic mass is 32.1. The van der Waals surface area contributed by atoms with Gasteiger partial charge in [-0.1, -0.05) is 48.5 Å². The zero-order chi connectivity index (χ0) is 20.2. The van der Waals surface area contributed by atoms with Crippen LogP contribution in [-0.2, 0) is 4.79 Å². The van der Waals surface area contributed by atoms with Gasteiger partial charge in [-0.3, -0.25) is 9.69 Å². The molecule has 3 nitrogen and oxygen atoms in total. The van der Waals surface area contributed by atoms with Crippen molar-refractivity contribution in [1.29, 1.82) is 0 Å². The Bertz CT molecular complexity index is 927. The highest BCUT2D eigenvalue weighted by molar-refractivity contribution is 7.10. The second-order valence-electron chi connectivity index (χ2n) is 7.54. The number of benzene rings is 2. The predicted molar refractivity (Wildman–Crippen MR) is 115 cm³/mol. The van der Waals surface area contributed by atoms with E-state index in [1.807, 2.05) is 36.2 Å². The number of likely N-dealkylation sites (N-methyl/N-ethyl adjacent to an activating group) is 1. The van der Waals surface area contributed by atoms with Crippen molar-refractivity contribution in [1.82, 2.24) is 9.80 Å². The number of amides is 1. The summed E-state index contributed by atoms with van der Waals surface area (Å²) in [5.41, 5.74) is 2.06. The molecular formula is C24H25FN2OS. The molecule has 2 aromatic carbocycles. The van der Waals surface area contributed by atoms with Crippen LogP contribution in [0.2, 0.25) is 0 Å². The lowest BCUT2D eigenvalue weighted by Crippen LogP contribution is -2.40. The second-order valence-corrected chi connectivity index (χ2v) is 8.52. The normalized spacial score (nSPS) is 17.6. The highest BCUT2D eigenvalue weighted by Gasteiger charge is 2.32. The number of thiophene rings is 1. The standard InChI is InChI=1S/C24H25FN2OS/c1-26(17-23(28)27-15-5-9-21(27)22-10-6-16-29-22)24(18-7-3-2-4-8-18)19-11-13-20(25)14-12-19/h2-4,6-8,10-14,16,21,24H,5,9,15,17H2,1H3/t21-,24+/m0/s1. The molecule has 150 valence electrons. The van der Waals surface area contributed by atoms with Crippen molar-refractivity contribution in [3.05, 3.63) is 93.9 Å². The average Bonchev–Trinajstić information content (AvgIpc) is 3.42. The van der Waals surface area contributed by atoms with Gasteiger partial charge in [0.25, 0.3) is 0 Å². The third-order valence-electron chi connectivity index (χ3n) is 5.57. The molecule has 1 amide bonds. The summed E-state index contributed by atoms with van der Waals surface area (Å²) in [5, 5.41) is 2.07. The summed E-state index contributed by atoms with van der Waals surface area (Å²) < 4.78 is 13.5. The van der Waals surface area contributed by atoms with E-state index >= 15 is 0 Å². The number of likely N-dealkylation sites (tertiary alicyclic amines) is 1. The number of rotatable bonds is 6. The quantitative estimate of drug-likeness (QED) is 0.555. The van der Waals surface area contributed by atoms with E-state index in [9.17, 15) is 9.18 Å². The molecular weight excluding hydrogens is 383 g/mol. The van der Waals surface area contributed by atoms with Gasteiger partial charge >= 0.3 is 0 Å². The van der Waals surface area contributed by atoms with Gasteiger partial charge in [0.1, 0.15) is 5.82 Å². The van der Waals surface area contributed by atoms with Gasteiger partial charge in [0, 0.05) is 11.4 Å². The molecule has 1 aliphatic heterocycles. The van der Waals surface area contributed by atoms with Crippen LogP contribution in [0.25, 0.3) is 0 Å². The van der Waals surface area contributed by atoms with Crippen molar-refractivity contribution in [2.45, 2.75) is 24.9 Å². The molecule has 0 N–H and O–H groups in total. The van der Waals surface area contributed by atoms with Crippen LogP contribution in [0.15, 0.2) is 72.1 Å². The maximum Gasteiger partial charge on any atom is 0.237 e. The molecule has 0 unspecified atom stereocenters. The number of carbonyl (C=O) groups excluding carboxylic acids is 1. The molecule has 5 heteroatoms. The molecule has 1 saturated heterocycles. The van der Waals surface area contributed by atoms with Gasteiger partial charge in [0.05, 0.1) is 18.6 Å². The topological polar surface area (TPSA) is 23.6 Å². The Morgan fingerprint density at radius 1 is 1.10 bits per heavy atom. The van der Waals surface area contributed by atoms with Crippen molar-refractivity contribution >= 4 is 17.2 Å². The second kappa shape index (κ2) is 8.89. The monoisotopic (exact) mass is 408 g/mol. The van der Waals surface area contributed by atoms with Crippen molar-refractivity contribution < 1.29 is 9.18 Å². The molecule has 0 bridgehead atoms. The van der Waals surface area contributed by atoms with Crippen LogP contribution in [0.5, 0.6) is 0 Å². The zero-order valence-corrected chi connectivity index (χ0v) is 17.3. The van der Waals surface area contributed by atoms with E-state index in [-0.39, 0.29) is 23.8 Å². The fourth-order valence-electron chi connectivity index (χ4n) is 4.22. The van der Waals surface area contributed by atoms with Gasteiger partial charge in [0.15, 0.2) is 0 Å². The molecule has 1 aromatic heterocycles. The van der Waals surface area contributed by atoms with E-state index in [2.05, 4.69) is 28.5 Å². The van der Waals surface area contributed by atoms with Gasteiger partial charge in [-0.2, -0.15) is 0 Å². The number of halogens is 1. The maximum atomic E-state index is 13.5. The third kappa shape index (κ3) is 4.41. The molecule has 1 fully saturated rings. The molecule has 0 spiro atoms. The Kier molecular flexibility index (Phi) is 6.07. The largest absolute Gasteiger partial charge is 0.334 e. The Hall–Kier alpha value is -2.50. The van der Waals surface area contributed by atoms with Gasteiger partial charge in [-0.05, 0) is 54.6 Å². The minimum atomic E-state index is -0.254. The van der Waals surface area contributed by atoms with Gasteiger partial charge in [-0.15, -0.1) is 11.3 Å². The fraction of sp³-hybridized carbons (Fsp3) is 0.292. The average molecular weight is 409 g/mol. The van der Waals surface area contributed by atoms with E-state index < -0.39 is 0 Å². The van der Waals surface area contributed by atoms with Crippen molar-refractivity contribution in [3.63, 3.8) is 0 Å². The highest BCUT2D eigenvalue weighted by Crippen LogP contribution is 2.35. The summed E-state index contributed by atoms with van der Waals surface area (Å²) >= 11 is 1.72. The van der Waals surface area contributed by atoms with Gasteiger partial charge < -0.3 is 4.90 Å². The molecule has 4 rings (SSSR count). The molecule has 0 saturated carbocycles. The van der Waals surface area contributed by atoms with Crippen LogP contribution in [-0.4, -0.2) is 35.8 Å². The molecule has 1 aliphatic rings. The summed E-state index contributed by atoms with van der Waals surface area (Å²) in [4.78, 5) is 18.6. The van der Waals surface area contributed by atoms with E-state index in [4.69, 9.17) is 0 Å². The summed E-state index contributed by atoms with van der Waals surface area (Å²) in [5.74, 6) is -0.110. The minimum absolute atomic E-state index is 0.108. The fourth-order valence-corrected chi connectivity index (χ4v) is 5.09. The third-order valence-corrected chi connectivity index (χ3v) is 6.54. The Labute approximate surface area is 175 Å². The lowest BCUT2D eigenvalue weighted by Gasteiger charge is -2.31. The Balaban J connectivity index is 1.55. The van der Waals surface area contributed by atoms with E-state index in [0.717, 1.165) is 30.5 Å². The first-order valence-corrected chi connectivity index (χ1v) is 10.8. The van der Waals surface area contributed by atoms with E-state index in [0.29, 0.717) is 6.54 Å².